The first-order chi connectivity index (χ1) is 18.3. The third-order valence-corrected chi connectivity index (χ3v) is 6.66. The second-order valence-electron chi connectivity index (χ2n) is 9.76. The highest BCUT2D eigenvalue weighted by Crippen LogP contribution is 2.27. The summed E-state index contributed by atoms with van der Waals surface area (Å²) < 4.78 is 4.82. The molecule has 2 bridgehead atoms. The van der Waals surface area contributed by atoms with Gasteiger partial charge in [-0.2, -0.15) is 0 Å². The van der Waals surface area contributed by atoms with E-state index < -0.39 is 6.10 Å². The number of hydrogen-bond acceptors (Lipinski definition) is 9. The molecule has 3 aliphatic rings. The summed E-state index contributed by atoms with van der Waals surface area (Å²) in [5, 5.41) is 23.6. The van der Waals surface area contributed by atoms with E-state index in [1.54, 1.807) is 6.92 Å². The van der Waals surface area contributed by atoms with Crippen LogP contribution in [-0.4, -0.2) is 111 Å². The van der Waals surface area contributed by atoms with Crippen LogP contribution in [0.4, 0.5) is 0 Å². The third kappa shape index (κ3) is 13.2. The van der Waals surface area contributed by atoms with Gasteiger partial charge < -0.3 is 41.3 Å². The number of nitrogens with one attached hydrogen (secondary N) is 5. The van der Waals surface area contributed by atoms with Crippen LogP contribution >= 0.6 is 0 Å². The van der Waals surface area contributed by atoms with Gasteiger partial charge >= 0.3 is 5.97 Å². The Morgan fingerprint density at radius 2 is 1.37 bits per heavy atom. The van der Waals surface area contributed by atoms with Crippen LogP contribution in [0.25, 0.3) is 0 Å². The molecule has 0 aromatic heterocycles. The van der Waals surface area contributed by atoms with Crippen molar-refractivity contribution in [2.45, 2.75) is 64.0 Å². The lowest BCUT2D eigenvalue weighted by Crippen LogP contribution is -2.57. The summed E-state index contributed by atoms with van der Waals surface area (Å²) in [6, 6.07) is 0.209. The van der Waals surface area contributed by atoms with Crippen molar-refractivity contribution in [2.75, 3.05) is 59.0 Å². The minimum atomic E-state index is -0.848. The van der Waals surface area contributed by atoms with Crippen molar-refractivity contribution >= 4 is 29.6 Å². The molecule has 216 valence electrons. The molecule has 0 aromatic carbocycles. The molecule has 2 unspecified atom stereocenters. The molecule has 3 saturated heterocycles. The van der Waals surface area contributed by atoms with Crippen LogP contribution in [0.3, 0.4) is 0 Å². The van der Waals surface area contributed by atoms with Gasteiger partial charge in [-0.15, -0.1) is 0 Å². The Morgan fingerprint density at radius 1 is 0.842 bits per heavy atom. The minimum Gasteiger partial charge on any atom is -0.463 e. The highest BCUT2D eigenvalue weighted by atomic mass is 16.5. The first kappa shape index (κ1) is 31.4. The van der Waals surface area contributed by atoms with Crippen LogP contribution in [0.2, 0.25) is 0 Å². The molecular formula is C25H44N6O7. The second-order valence-corrected chi connectivity index (χ2v) is 9.76. The number of carbonyl (C=O) groups is 5. The van der Waals surface area contributed by atoms with E-state index in [9.17, 15) is 29.1 Å². The normalized spacial score (nSPS) is 20.7. The van der Waals surface area contributed by atoms with E-state index in [1.165, 1.54) is 0 Å². The van der Waals surface area contributed by atoms with E-state index in [2.05, 4.69) is 31.5 Å². The first-order valence-electron chi connectivity index (χ1n) is 13.6. The largest absolute Gasteiger partial charge is 0.463 e. The fourth-order valence-corrected chi connectivity index (χ4v) is 4.44. The fourth-order valence-electron chi connectivity index (χ4n) is 4.44. The van der Waals surface area contributed by atoms with Gasteiger partial charge in [-0.3, -0.25) is 24.0 Å². The van der Waals surface area contributed by atoms with Crippen LogP contribution in [0, 0.1) is 5.92 Å². The number of fused-ring (bicyclic) bond motifs is 3. The Bertz CT molecular complexity index is 788. The van der Waals surface area contributed by atoms with Gasteiger partial charge in [-0.1, -0.05) is 6.92 Å². The average Bonchev–Trinajstić information content (AvgIpc) is 2.90. The van der Waals surface area contributed by atoms with Crippen molar-refractivity contribution in [3.8, 4) is 0 Å². The lowest BCUT2D eigenvalue weighted by atomic mass is 9.84. The minimum absolute atomic E-state index is 0.0533. The molecule has 0 spiro atoms. The van der Waals surface area contributed by atoms with Gasteiger partial charge in [0.1, 0.15) is 12.7 Å². The smallest absolute Gasteiger partial charge is 0.305 e. The summed E-state index contributed by atoms with van der Waals surface area (Å²) in [5.41, 5.74) is 0. The van der Waals surface area contributed by atoms with E-state index in [1.807, 2.05) is 0 Å². The average molecular weight is 541 g/mol. The number of rotatable bonds is 18. The molecule has 3 aliphatic heterocycles. The molecule has 0 aromatic rings. The molecule has 6 N–H and O–H groups in total. The lowest BCUT2D eigenvalue weighted by molar-refractivity contribution is -0.146. The van der Waals surface area contributed by atoms with E-state index >= 15 is 0 Å². The lowest BCUT2D eigenvalue weighted by Gasteiger charge is -2.44. The van der Waals surface area contributed by atoms with Crippen LogP contribution in [0.5, 0.6) is 0 Å². The number of esters is 1. The van der Waals surface area contributed by atoms with Crippen LogP contribution < -0.4 is 26.6 Å². The van der Waals surface area contributed by atoms with Gasteiger partial charge in [0.15, 0.2) is 0 Å². The number of aliphatic hydroxyl groups excluding tert-OH is 1. The predicted molar refractivity (Wildman–Crippen MR) is 139 cm³/mol. The molecule has 4 amide bonds. The number of nitrogens with zero attached hydrogens (tertiary/aromatic N) is 1. The second kappa shape index (κ2) is 17.7. The predicted octanol–water partition coefficient (Wildman–Crippen LogP) is -1.99. The van der Waals surface area contributed by atoms with Gasteiger partial charge in [0.25, 0.3) is 0 Å². The highest BCUT2D eigenvalue weighted by molar-refractivity contribution is 5.81. The Morgan fingerprint density at radius 3 is 1.87 bits per heavy atom. The molecular weight excluding hydrogens is 496 g/mol. The van der Waals surface area contributed by atoms with Crippen molar-refractivity contribution in [2.24, 2.45) is 5.92 Å². The van der Waals surface area contributed by atoms with Crippen molar-refractivity contribution in [1.29, 1.82) is 0 Å². The van der Waals surface area contributed by atoms with Crippen LogP contribution in [0.15, 0.2) is 0 Å². The van der Waals surface area contributed by atoms with Gasteiger partial charge in [-0.25, -0.2) is 0 Å². The maximum Gasteiger partial charge on any atom is 0.305 e. The van der Waals surface area contributed by atoms with E-state index in [0.29, 0.717) is 12.5 Å². The zero-order valence-electron chi connectivity index (χ0n) is 22.4. The SMILES string of the molecule is CCC(=O)OCC(O)CNCCC(=O)NCCC(=O)NCCC(=O)NCCC(=O)NC1CN2CCC1CC2. The molecule has 3 fully saturated rings. The first-order valence-corrected chi connectivity index (χ1v) is 13.6. The monoisotopic (exact) mass is 540 g/mol. The van der Waals surface area contributed by atoms with Crippen molar-refractivity contribution < 1.29 is 33.8 Å². The zero-order chi connectivity index (χ0) is 27.8. The molecule has 0 aliphatic carbocycles. The van der Waals surface area contributed by atoms with Gasteiger partial charge in [-0.05, 0) is 31.8 Å². The maximum absolute atomic E-state index is 12.2. The topological polar surface area (TPSA) is 178 Å². The van der Waals surface area contributed by atoms with Crippen molar-refractivity contribution in [1.82, 2.24) is 31.5 Å². The Kier molecular flexibility index (Phi) is 14.6. The number of aliphatic hydroxyl groups is 1. The number of amides is 4. The van der Waals surface area contributed by atoms with Crippen molar-refractivity contribution in [3.63, 3.8) is 0 Å². The molecule has 13 nitrogen and oxygen atoms in total. The van der Waals surface area contributed by atoms with E-state index in [4.69, 9.17) is 4.74 Å². The Balaban J connectivity index is 1.40. The molecule has 0 radical (unpaired) electrons. The van der Waals surface area contributed by atoms with E-state index in [-0.39, 0.29) is 101 Å². The van der Waals surface area contributed by atoms with E-state index in [0.717, 1.165) is 32.5 Å². The summed E-state index contributed by atoms with van der Waals surface area (Å²) in [4.78, 5) is 61.3. The Labute approximate surface area is 224 Å². The summed E-state index contributed by atoms with van der Waals surface area (Å²) in [5.74, 6) is -0.639. The standard InChI is InChI=1S/C25H44N6O7/c1-2-25(37)38-17-19(32)15-26-9-3-21(33)27-10-4-22(34)28-11-5-23(35)29-12-6-24(36)30-20-16-31-13-7-18(20)8-14-31/h18-20,26,32H,2-17H2,1H3,(H,27,33)(H,28,34)(H,29,35)(H,30,36). The molecule has 38 heavy (non-hydrogen) atoms. The number of ether oxygens (including phenoxy) is 1. The molecule has 3 rings (SSSR count). The highest BCUT2D eigenvalue weighted by Gasteiger charge is 2.34. The fraction of sp³-hybridized carbons (Fsp3) is 0.800. The molecule has 2 atom stereocenters. The number of carbonyl (C=O) groups excluding carboxylic acids is 5. The van der Waals surface area contributed by atoms with Gasteiger partial charge in [0.2, 0.25) is 23.6 Å². The van der Waals surface area contributed by atoms with Crippen molar-refractivity contribution in [3.05, 3.63) is 0 Å². The molecule has 3 heterocycles. The summed E-state index contributed by atoms with van der Waals surface area (Å²) >= 11 is 0. The van der Waals surface area contributed by atoms with Gasteiger partial charge in [0, 0.05) is 77.4 Å². The third-order valence-electron chi connectivity index (χ3n) is 6.66. The molecule has 0 saturated carbocycles. The Hall–Kier alpha value is -2.77. The van der Waals surface area contributed by atoms with Crippen LogP contribution in [-0.2, 0) is 28.7 Å². The summed E-state index contributed by atoms with van der Waals surface area (Å²) in [6.45, 7) is 5.82. The summed E-state index contributed by atoms with van der Waals surface area (Å²) in [7, 11) is 0. The quantitative estimate of drug-likeness (QED) is 0.0848. The number of hydrogen-bond donors (Lipinski definition) is 6. The summed E-state index contributed by atoms with van der Waals surface area (Å²) in [6.07, 6.45) is 2.24. The zero-order valence-corrected chi connectivity index (χ0v) is 22.4. The van der Waals surface area contributed by atoms with Crippen LogP contribution in [0.1, 0.15) is 51.9 Å². The molecule has 13 heteroatoms. The number of piperidine rings is 3. The maximum atomic E-state index is 12.2. The van der Waals surface area contributed by atoms with Gasteiger partial charge in [0.05, 0.1) is 0 Å².